The Balaban J connectivity index is 1.69. The van der Waals surface area contributed by atoms with E-state index in [9.17, 15) is 18.0 Å². The van der Waals surface area contributed by atoms with Gasteiger partial charge in [0.2, 0.25) is 0 Å². The van der Waals surface area contributed by atoms with Crippen molar-refractivity contribution < 1.29 is 22.7 Å². The van der Waals surface area contributed by atoms with Gasteiger partial charge in [-0.1, -0.05) is 35.9 Å². The molecular weight excluding hydrogens is 440 g/mol. The molecule has 172 valence electrons. The molecule has 0 unspecified atom stereocenters. The number of rotatable bonds is 7. The Kier molecular flexibility index (Phi) is 7.18. The first-order valence-electron chi connectivity index (χ1n) is 10.3. The maximum absolute atomic E-state index is 13.0. The summed E-state index contributed by atoms with van der Waals surface area (Å²) in [6, 6.07) is 18.2. The van der Waals surface area contributed by atoms with Gasteiger partial charge in [0.1, 0.15) is 0 Å². The molecule has 1 N–H and O–H groups in total. The van der Waals surface area contributed by atoms with Crippen LogP contribution in [0.2, 0.25) is 0 Å². The van der Waals surface area contributed by atoms with Crippen molar-refractivity contribution in [3.8, 4) is 0 Å². The van der Waals surface area contributed by atoms with Crippen LogP contribution in [-0.4, -0.2) is 33.9 Å². The molecule has 0 saturated heterocycles. The van der Waals surface area contributed by atoms with Gasteiger partial charge in [0.05, 0.1) is 16.1 Å². The van der Waals surface area contributed by atoms with Crippen molar-refractivity contribution in [1.82, 2.24) is 0 Å². The Hall–Kier alpha value is -3.65. The van der Waals surface area contributed by atoms with Crippen LogP contribution in [-0.2, 0) is 19.6 Å². The minimum absolute atomic E-state index is 0.0351. The lowest BCUT2D eigenvalue weighted by molar-refractivity contribution is -0.119. The normalized spacial score (nSPS) is 11.0. The lowest BCUT2D eigenvalue weighted by atomic mass is 10.1. The summed E-state index contributed by atoms with van der Waals surface area (Å²) in [4.78, 5) is 24.6. The third-order valence-corrected chi connectivity index (χ3v) is 6.91. The quantitative estimate of drug-likeness (QED) is 0.526. The lowest BCUT2D eigenvalue weighted by Gasteiger charge is -2.20. The Morgan fingerprint density at radius 2 is 1.58 bits per heavy atom. The molecule has 0 bridgehead atoms. The molecule has 7 nitrogen and oxygen atoms in total. The number of carbonyl (C=O) groups excluding carboxylic acids is 2. The van der Waals surface area contributed by atoms with Gasteiger partial charge in [0, 0.05) is 12.7 Å². The van der Waals surface area contributed by atoms with E-state index >= 15 is 0 Å². The molecule has 0 atom stereocenters. The van der Waals surface area contributed by atoms with Gasteiger partial charge >= 0.3 is 5.97 Å². The predicted molar refractivity (Wildman–Crippen MR) is 128 cm³/mol. The van der Waals surface area contributed by atoms with Crippen LogP contribution in [0.15, 0.2) is 71.6 Å². The van der Waals surface area contributed by atoms with Gasteiger partial charge in [-0.15, -0.1) is 0 Å². The minimum Gasteiger partial charge on any atom is -0.452 e. The highest BCUT2D eigenvalue weighted by Gasteiger charge is 2.23. The van der Waals surface area contributed by atoms with Gasteiger partial charge in [0.15, 0.2) is 6.61 Å². The average molecular weight is 467 g/mol. The average Bonchev–Trinajstić information content (AvgIpc) is 2.80. The number of benzene rings is 3. The number of nitrogens with zero attached hydrogens (tertiary/aromatic N) is 1. The summed E-state index contributed by atoms with van der Waals surface area (Å²) >= 11 is 0. The third-order valence-electron chi connectivity index (χ3n) is 5.13. The van der Waals surface area contributed by atoms with E-state index < -0.39 is 28.5 Å². The number of amides is 1. The molecule has 0 spiro atoms. The zero-order chi connectivity index (χ0) is 24.2. The Bertz CT molecular complexity index is 1280. The van der Waals surface area contributed by atoms with E-state index in [4.69, 9.17) is 4.74 Å². The summed E-state index contributed by atoms with van der Waals surface area (Å²) in [5.74, 6) is -1.28. The molecular formula is C25H26N2O5S. The number of hydrogen-bond acceptors (Lipinski definition) is 5. The van der Waals surface area contributed by atoms with Crippen molar-refractivity contribution in [2.75, 3.05) is 23.3 Å². The van der Waals surface area contributed by atoms with E-state index in [2.05, 4.69) is 5.32 Å². The van der Waals surface area contributed by atoms with Crippen LogP contribution in [0, 0.1) is 20.8 Å². The van der Waals surface area contributed by atoms with Crippen LogP contribution in [0.25, 0.3) is 0 Å². The molecule has 0 radical (unpaired) electrons. The number of esters is 1. The van der Waals surface area contributed by atoms with Crippen molar-refractivity contribution in [3.05, 3.63) is 89.0 Å². The summed E-state index contributed by atoms with van der Waals surface area (Å²) in [7, 11) is -2.45. The fourth-order valence-corrected chi connectivity index (χ4v) is 4.35. The van der Waals surface area contributed by atoms with Crippen molar-refractivity contribution in [3.63, 3.8) is 0 Å². The van der Waals surface area contributed by atoms with Crippen LogP contribution >= 0.6 is 0 Å². The molecule has 8 heteroatoms. The second kappa shape index (κ2) is 9.87. The number of nitrogens with one attached hydrogen (secondary N) is 1. The number of sulfonamides is 1. The highest BCUT2D eigenvalue weighted by atomic mass is 32.2. The summed E-state index contributed by atoms with van der Waals surface area (Å²) in [6.07, 6.45) is 0. The molecule has 0 aliphatic carbocycles. The summed E-state index contributed by atoms with van der Waals surface area (Å²) in [5.41, 5.74) is 4.06. The number of anilines is 2. The van der Waals surface area contributed by atoms with Gasteiger partial charge in [-0.3, -0.25) is 9.10 Å². The first-order valence-corrected chi connectivity index (χ1v) is 11.7. The predicted octanol–water partition coefficient (Wildman–Crippen LogP) is 4.23. The summed E-state index contributed by atoms with van der Waals surface area (Å²) < 4.78 is 32.3. The zero-order valence-corrected chi connectivity index (χ0v) is 19.8. The molecule has 3 rings (SSSR count). The maximum Gasteiger partial charge on any atom is 0.338 e. The third kappa shape index (κ3) is 5.78. The minimum atomic E-state index is -3.90. The van der Waals surface area contributed by atoms with E-state index in [1.54, 1.807) is 12.1 Å². The fraction of sp³-hybridized carbons (Fsp3) is 0.200. The van der Waals surface area contributed by atoms with Crippen molar-refractivity contribution in [1.29, 1.82) is 0 Å². The number of hydrogen-bond donors (Lipinski definition) is 1. The van der Waals surface area contributed by atoms with Gasteiger partial charge in [-0.2, -0.15) is 0 Å². The monoisotopic (exact) mass is 466 g/mol. The van der Waals surface area contributed by atoms with E-state index in [1.807, 2.05) is 51.1 Å². The van der Waals surface area contributed by atoms with Crippen molar-refractivity contribution >= 4 is 33.3 Å². The largest absolute Gasteiger partial charge is 0.452 e. The Morgan fingerprint density at radius 3 is 2.27 bits per heavy atom. The molecule has 0 aromatic heterocycles. The second-order valence-electron chi connectivity index (χ2n) is 7.78. The van der Waals surface area contributed by atoms with Crippen LogP contribution in [0.3, 0.4) is 0 Å². The van der Waals surface area contributed by atoms with Gasteiger partial charge in [-0.25, -0.2) is 13.2 Å². The first kappa shape index (κ1) is 24.0. The van der Waals surface area contributed by atoms with E-state index in [0.717, 1.165) is 21.0 Å². The van der Waals surface area contributed by atoms with Gasteiger partial charge < -0.3 is 10.1 Å². The SMILES string of the molecule is Cc1ccc(N(C)S(=O)(=O)c2cccc(C(=O)OCC(=O)Nc3cc(C)ccc3C)c2)cc1. The van der Waals surface area contributed by atoms with Gasteiger partial charge in [-0.05, 0) is 68.3 Å². The molecule has 33 heavy (non-hydrogen) atoms. The second-order valence-corrected chi connectivity index (χ2v) is 9.75. The molecule has 0 saturated carbocycles. The number of aryl methyl sites for hydroxylation is 3. The molecule has 3 aromatic carbocycles. The molecule has 0 heterocycles. The maximum atomic E-state index is 13.0. The molecule has 0 fully saturated rings. The van der Waals surface area contributed by atoms with E-state index in [1.165, 1.54) is 31.3 Å². The fourth-order valence-electron chi connectivity index (χ4n) is 3.11. The van der Waals surface area contributed by atoms with E-state index in [-0.39, 0.29) is 10.5 Å². The smallest absolute Gasteiger partial charge is 0.338 e. The summed E-state index contributed by atoms with van der Waals surface area (Å²) in [5, 5.41) is 2.71. The van der Waals surface area contributed by atoms with Crippen LogP contribution in [0.4, 0.5) is 11.4 Å². The molecule has 1 amide bonds. The number of carbonyl (C=O) groups is 2. The standard InChI is InChI=1S/C25H26N2O5S/c1-17-9-12-21(13-10-17)27(4)33(30,31)22-7-5-6-20(15-22)25(29)32-16-24(28)26-23-14-18(2)8-11-19(23)3/h5-15H,16H2,1-4H3,(H,26,28). The van der Waals surface area contributed by atoms with Crippen LogP contribution < -0.4 is 9.62 Å². The molecule has 3 aromatic rings. The first-order chi connectivity index (χ1) is 15.6. The highest BCUT2D eigenvalue weighted by molar-refractivity contribution is 7.92. The topological polar surface area (TPSA) is 92.8 Å². The Morgan fingerprint density at radius 1 is 0.909 bits per heavy atom. The van der Waals surface area contributed by atoms with Crippen LogP contribution in [0.5, 0.6) is 0 Å². The molecule has 0 aliphatic rings. The zero-order valence-electron chi connectivity index (χ0n) is 19.0. The van der Waals surface area contributed by atoms with Crippen molar-refractivity contribution in [2.24, 2.45) is 0 Å². The molecule has 0 aliphatic heterocycles. The summed E-state index contributed by atoms with van der Waals surface area (Å²) in [6.45, 7) is 5.19. The van der Waals surface area contributed by atoms with E-state index in [0.29, 0.717) is 11.4 Å². The highest BCUT2D eigenvalue weighted by Crippen LogP contribution is 2.23. The van der Waals surface area contributed by atoms with Crippen LogP contribution in [0.1, 0.15) is 27.0 Å². The van der Waals surface area contributed by atoms with Crippen molar-refractivity contribution in [2.45, 2.75) is 25.7 Å². The number of ether oxygens (including phenoxy) is 1. The van der Waals surface area contributed by atoms with Gasteiger partial charge in [0.25, 0.3) is 15.9 Å². The lowest BCUT2D eigenvalue weighted by Crippen LogP contribution is -2.27. The Labute approximate surface area is 194 Å².